The Kier molecular flexibility index (Phi) is 1.89. The number of rotatable bonds is 1. The van der Waals surface area contributed by atoms with E-state index in [1.165, 1.54) is 0 Å². The normalized spacial score (nSPS) is 26.9. The molecule has 1 aliphatic heterocycles. The maximum absolute atomic E-state index is 4.00. The highest BCUT2D eigenvalue weighted by molar-refractivity contribution is 4.63. The fourth-order valence-corrected chi connectivity index (χ4v) is 0.904. The zero-order valence-corrected chi connectivity index (χ0v) is 6.94. The lowest BCUT2D eigenvalue weighted by atomic mass is 10.4. The molecule has 0 aliphatic carbocycles. The van der Waals surface area contributed by atoms with Crippen molar-refractivity contribution >= 4 is 0 Å². The molecular weight excluding hydrogens is 128 g/mol. The first kappa shape index (κ1) is 7.47. The summed E-state index contributed by atoms with van der Waals surface area (Å²) in [6, 6.07) is 0.402. The molecule has 0 amide bonds. The first-order valence-corrected chi connectivity index (χ1v) is 3.55. The molecule has 0 saturated carbocycles. The van der Waals surface area contributed by atoms with Gasteiger partial charge >= 0.3 is 0 Å². The van der Waals surface area contributed by atoms with Crippen molar-refractivity contribution in [3.05, 3.63) is 0 Å². The molecule has 1 unspecified atom stereocenters. The minimum absolute atomic E-state index is 0.197. The Hall–Kier alpha value is -0.640. The smallest absolute Gasteiger partial charge is 0.140 e. The Labute approximate surface area is 61.5 Å². The van der Waals surface area contributed by atoms with Gasteiger partial charge in [-0.15, -0.1) is 5.11 Å². The van der Waals surface area contributed by atoms with Gasteiger partial charge in [0.15, 0.2) is 0 Å². The van der Waals surface area contributed by atoms with Crippen LogP contribution in [-0.2, 0) is 0 Å². The predicted octanol–water partition coefficient (Wildman–Crippen LogP) is 1.27. The van der Waals surface area contributed by atoms with E-state index in [2.05, 4.69) is 24.2 Å². The van der Waals surface area contributed by atoms with E-state index in [1.54, 1.807) is 0 Å². The second kappa shape index (κ2) is 2.54. The van der Waals surface area contributed by atoms with Gasteiger partial charge in [0.05, 0.1) is 6.04 Å². The highest BCUT2D eigenvalue weighted by atomic mass is 15.9. The zero-order chi connectivity index (χ0) is 7.72. The minimum Gasteiger partial charge on any atom is -0.204 e. The van der Waals surface area contributed by atoms with Crippen LogP contribution in [0, 0.1) is 0 Å². The first-order valence-electron chi connectivity index (χ1n) is 3.55. The quantitative estimate of drug-likeness (QED) is 0.552. The van der Waals surface area contributed by atoms with Crippen LogP contribution in [0.4, 0.5) is 0 Å². The van der Waals surface area contributed by atoms with E-state index in [1.807, 2.05) is 24.1 Å². The average molecular weight is 142 g/mol. The second-order valence-corrected chi connectivity index (χ2v) is 2.82. The summed E-state index contributed by atoms with van der Waals surface area (Å²) in [7, 11) is 1.99. The summed E-state index contributed by atoms with van der Waals surface area (Å²) in [6.45, 7) is 6.20. The van der Waals surface area contributed by atoms with Gasteiger partial charge in [0.25, 0.3) is 0 Å². The molecule has 1 heterocycles. The molecule has 58 valence electrons. The van der Waals surface area contributed by atoms with Crippen LogP contribution in [0.15, 0.2) is 10.3 Å². The van der Waals surface area contributed by atoms with Crippen molar-refractivity contribution in [2.24, 2.45) is 10.3 Å². The molecule has 1 rings (SSSR count). The lowest BCUT2D eigenvalue weighted by Crippen LogP contribution is -2.40. The van der Waals surface area contributed by atoms with Crippen LogP contribution < -0.4 is 0 Å². The summed E-state index contributed by atoms with van der Waals surface area (Å²) in [5.41, 5.74) is 0. The van der Waals surface area contributed by atoms with Crippen molar-refractivity contribution in [1.29, 1.82) is 0 Å². The Balaban J connectivity index is 2.58. The van der Waals surface area contributed by atoms with E-state index in [4.69, 9.17) is 0 Å². The average Bonchev–Trinajstić information content (AvgIpc) is 2.14. The molecule has 4 nitrogen and oxygen atoms in total. The largest absolute Gasteiger partial charge is 0.204 e. The standard InChI is InChI=1S/C6H14N4/c1-5(2)10-8-7-6(3)9(10)4/h5-6H,1-4H3. The molecule has 0 bridgehead atoms. The first-order chi connectivity index (χ1) is 4.63. The summed E-state index contributed by atoms with van der Waals surface area (Å²) in [6.07, 6.45) is 0.197. The van der Waals surface area contributed by atoms with Gasteiger partial charge in [-0.2, -0.15) is 5.01 Å². The van der Waals surface area contributed by atoms with Gasteiger partial charge in [-0.1, -0.05) is 5.22 Å². The van der Waals surface area contributed by atoms with E-state index in [9.17, 15) is 0 Å². The molecule has 0 fully saturated rings. The molecular formula is C6H14N4. The van der Waals surface area contributed by atoms with Crippen LogP contribution in [-0.4, -0.2) is 29.4 Å². The van der Waals surface area contributed by atoms with E-state index < -0.39 is 0 Å². The molecule has 1 aliphatic rings. The fraction of sp³-hybridized carbons (Fsp3) is 1.00. The van der Waals surface area contributed by atoms with Crippen LogP contribution in [0.2, 0.25) is 0 Å². The van der Waals surface area contributed by atoms with Crippen molar-refractivity contribution in [2.45, 2.75) is 33.0 Å². The summed E-state index contributed by atoms with van der Waals surface area (Å²) in [5, 5.41) is 11.9. The van der Waals surface area contributed by atoms with Gasteiger partial charge in [0.1, 0.15) is 6.17 Å². The lowest BCUT2D eigenvalue weighted by Gasteiger charge is -2.26. The third-order valence-corrected chi connectivity index (χ3v) is 1.64. The van der Waals surface area contributed by atoms with E-state index in [0.717, 1.165) is 0 Å². The third-order valence-electron chi connectivity index (χ3n) is 1.64. The van der Waals surface area contributed by atoms with Crippen molar-refractivity contribution in [1.82, 2.24) is 10.1 Å². The molecule has 0 aromatic heterocycles. The Morgan fingerprint density at radius 2 is 2.00 bits per heavy atom. The highest BCUT2D eigenvalue weighted by Gasteiger charge is 2.23. The lowest BCUT2D eigenvalue weighted by molar-refractivity contribution is -0.0183. The van der Waals surface area contributed by atoms with Gasteiger partial charge in [-0.3, -0.25) is 0 Å². The molecule has 0 aromatic rings. The van der Waals surface area contributed by atoms with E-state index in [0.29, 0.717) is 6.04 Å². The number of hydrazine groups is 1. The van der Waals surface area contributed by atoms with Crippen LogP contribution in [0.5, 0.6) is 0 Å². The van der Waals surface area contributed by atoms with Gasteiger partial charge in [-0.05, 0) is 20.8 Å². The SMILES string of the molecule is CC1N=NN(C(C)C)N1C. The molecule has 0 aromatic carbocycles. The van der Waals surface area contributed by atoms with E-state index in [-0.39, 0.29) is 6.17 Å². The monoisotopic (exact) mass is 142 g/mol. The Morgan fingerprint density at radius 1 is 1.40 bits per heavy atom. The van der Waals surface area contributed by atoms with Gasteiger partial charge in [0, 0.05) is 7.05 Å². The Bertz CT molecular complexity index is 143. The summed E-state index contributed by atoms with van der Waals surface area (Å²) >= 11 is 0. The molecule has 0 radical (unpaired) electrons. The third kappa shape index (κ3) is 1.11. The van der Waals surface area contributed by atoms with Gasteiger partial charge in [0.2, 0.25) is 0 Å². The minimum atomic E-state index is 0.197. The fourth-order valence-electron chi connectivity index (χ4n) is 0.904. The number of hydrogen-bond donors (Lipinski definition) is 0. The predicted molar refractivity (Wildman–Crippen MR) is 39.1 cm³/mol. The van der Waals surface area contributed by atoms with Crippen LogP contribution in [0.1, 0.15) is 20.8 Å². The molecule has 10 heavy (non-hydrogen) atoms. The molecule has 0 N–H and O–H groups in total. The van der Waals surface area contributed by atoms with Crippen molar-refractivity contribution in [3.63, 3.8) is 0 Å². The van der Waals surface area contributed by atoms with Crippen LogP contribution >= 0.6 is 0 Å². The Morgan fingerprint density at radius 3 is 2.20 bits per heavy atom. The number of nitrogens with zero attached hydrogens (tertiary/aromatic N) is 4. The topological polar surface area (TPSA) is 31.2 Å². The summed E-state index contributed by atoms with van der Waals surface area (Å²) < 4.78 is 0. The summed E-state index contributed by atoms with van der Waals surface area (Å²) in [4.78, 5) is 0. The zero-order valence-electron chi connectivity index (χ0n) is 6.94. The maximum Gasteiger partial charge on any atom is 0.140 e. The van der Waals surface area contributed by atoms with Crippen molar-refractivity contribution < 1.29 is 0 Å². The maximum atomic E-state index is 4.00. The second-order valence-electron chi connectivity index (χ2n) is 2.82. The van der Waals surface area contributed by atoms with Crippen LogP contribution in [0.25, 0.3) is 0 Å². The van der Waals surface area contributed by atoms with Crippen molar-refractivity contribution in [2.75, 3.05) is 7.05 Å². The molecule has 4 heteroatoms. The molecule has 0 saturated heterocycles. The highest BCUT2D eigenvalue weighted by Crippen LogP contribution is 2.15. The number of hydrogen-bond acceptors (Lipinski definition) is 4. The summed E-state index contributed by atoms with van der Waals surface area (Å²) in [5.74, 6) is 0. The molecule has 1 atom stereocenters. The van der Waals surface area contributed by atoms with Crippen molar-refractivity contribution in [3.8, 4) is 0 Å². The van der Waals surface area contributed by atoms with Gasteiger partial charge < -0.3 is 0 Å². The van der Waals surface area contributed by atoms with Crippen LogP contribution in [0.3, 0.4) is 0 Å². The van der Waals surface area contributed by atoms with Gasteiger partial charge in [-0.25, -0.2) is 5.12 Å². The van der Waals surface area contributed by atoms with E-state index >= 15 is 0 Å². The molecule has 0 spiro atoms.